The van der Waals surface area contributed by atoms with Gasteiger partial charge in [-0.15, -0.1) is 0 Å². The molecule has 0 saturated carbocycles. The number of fused-ring (bicyclic) bond motifs is 1. The van der Waals surface area contributed by atoms with Crippen LogP contribution in [0.5, 0.6) is 0 Å². The Morgan fingerprint density at radius 3 is 2.32 bits per heavy atom. The summed E-state index contributed by atoms with van der Waals surface area (Å²) in [5.41, 5.74) is 2.64. The molecular weight excluding hydrogens is 312 g/mol. The van der Waals surface area contributed by atoms with Gasteiger partial charge in [0.15, 0.2) is 0 Å². The number of carbonyl (C=O) groups excluding carboxylic acids is 2. The van der Waals surface area contributed by atoms with Crippen molar-refractivity contribution in [1.29, 1.82) is 0 Å². The number of likely N-dealkylation sites (tertiary alicyclic amines) is 1. The summed E-state index contributed by atoms with van der Waals surface area (Å²) < 4.78 is 0. The first-order valence-electron chi connectivity index (χ1n) is 9.43. The molecule has 1 N–H and O–H groups in total. The molecule has 0 spiro atoms. The van der Waals surface area contributed by atoms with Crippen molar-refractivity contribution in [3.05, 3.63) is 35.4 Å². The molecule has 4 nitrogen and oxygen atoms in total. The zero-order valence-corrected chi connectivity index (χ0v) is 15.8. The van der Waals surface area contributed by atoms with Gasteiger partial charge in [-0.3, -0.25) is 9.59 Å². The maximum absolute atomic E-state index is 12.7. The van der Waals surface area contributed by atoms with Crippen LogP contribution in [0.3, 0.4) is 0 Å². The highest BCUT2D eigenvalue weighted by molar-refractivity contribution is 5.89. The number of hydrogen-bond donors (Lipinski definition) is 1. The molecule has 0 unspecified atom stereocenters. The first-order valence-corrected chi connectivity index (χ1v) is 9.43. The fraction of sp³-hybridized carbons (Fsp3) is 0.619. The Balaban J connectivity index is 1.55. The van der Waals surface area contributed by atoms with E-state index in [9.17, 15) is 9.59 Å². The second-order valence-electron chi connectivity index (χ2n) is 8.66. The summed E-state index contributed by atoms with van der Waals surface area (Å²) in [6.07, 6.45) is 3.49. The van der Waals surface area contributed by atoms with E-state index in [2.05, 4.69) is 43.4 Å². The summed E-state index contributed by atoms with van der Waals surface area (Å²) >= 11 is 0. The molecule has 1 aliphatic heterocycles. The minimum Gasteiger partial charge on any atom is -0.351 e. The largest absolute Gasteiger partial charge is 0.351 e. The van der Waals surface area contributed by atoms with Gasteiger partial charge in [-0.1, -0.05) is 24.3 Å². The molecule has 0 aromatic heterocycles. The van der Waals surface area contributed by atoms with E-state index in [1.165, 1.54) is 11.1 Å². The van der Waals surface area contributed by atoms with Gasteiger partial charge >= 0.3 is 0 Å². The number of amides is 2. The summed E-state index contributed by atoms with van der Waals surface area (Å²) in [4.78, 5) is 26.5. The van der Waals surface area contributed by atoms with E-state index in [1.807, 2.05) is 18.7 Å². The molecule has 1 aliphatic carbocycles. The summed E-state index contributed by atoms with van der Waals surface area (Å²) in [6.45, 7) is 8.75. The van der Waals surface area contributed by atoms with Crippen molar-refractivity contribution >= 4 is 11.8 Å². The summed E-state index contributed by atoms with van der Waals surface area (Å²) in [5, 5.41) is 3.21. The van der Waals surface area contributed by atoms with E-state index in [4.69, 9.17) is 0 Å². The van der Waals surface area contributed by atoms with Crippen molar-refractivity contribution in [2.45, 2.75) is 65.0 Å². The molecule has 136 valence electrons. The molecule has 2 amide bonds. The second-order valence-corrected chi connectivity index (χ2v) is 8.66. The van der Waals surface area contributed by atoms with Gasteiger partial charge in [-0.05, 0) is 64.0 Å². The van der Waals surface area contributed by atoms with Crippen LogP contribution in [-0.4, -0.2) is 34.8 Å². The topological polar surface area (TPSA) is 49.4 Å². The van der Waals surface area contributed by atoms with E-state index in [0.717, 1.165) is 19.3 Å². The van der Waals surface area contributed by atoms with E-state index in [0.29, 0.717) is 18.9 Å². The molecule has 2 aliphatic rings. The van der Waals surface area contributed by atoms with Crippen molar-refractivity contribution in [3.8, 4) is 0 Å². The summed E-state index contributed by atoms with van der Waals surface area (Å²) in [7, 11) is 0. The Labute approximate surface area is 151 Å². The zero-order valence-electron chi connectivity index (χ0n) is 15.8. The number of carbonyl (C=O) groups is 2. The van der Waals surface area contributed by atoms with E-state index >= 15 is 0 Å². The first-order chi connectivity index (χ1) is 11.7. The highest BCUT2D eigenvalue weighted by Gasteiger charge is 2.38. The lowest BCUT2D eigenvalue weighted by molar-refractivity contribution is -0.130. The van der Waals surface area contributed by atoms with Crippen LogP contribution < -0.4 is 5.32 Å². The molecule has 1 fully saturated rings. The fourth-order valence-corrected chi connectivity index (χ4v) is 4.41. The van der Waals surface area contributed by atoms with E-state index in [-0.39, 0.29) is 29.3 Å². The van der Waals surface area contributed by atoms with Crippen LogP contribution in [0.4, 0.5) is 0 Å². The standard InChI is InChI=1S/C21H30N2O2/c1-14(2)23-13-18(11-19(23)24)20(25)22-21(3,4)12-15-9-16-7-5-6-8-17(16)10-15/h5-8,14-15,18H,9-13H2,1-4H3,(H,22,25)/t18-/m1/s1. The van der Waals surface area contributed by atoms with Crippen LogP contribution in [0, 0.1) is 11.8 Å². The highest BCUT2D eigenvalue weighted by Crippen LogP contribution is 2.32. The average Bonchev–Trinajstić information content (AvgIpc) is 3.08. The van der Waals surface area contributed by atoms with Crippen LogP contribution in [0.15, 0.2) is 24.3 Å². The molecule has 1 saturated heterocycles. The predicted octanol–water partition coefficient (Wildman–Crippen LogP) is 2.94. The minimum absolute atomic E-state index is 0.0250. The molecule has 0 bridgehead atoms. The Kier molecular flexibility index (Phi) is 4.90. The van der Waals surface area contributed by atoms with Gasteiger partial charge in [-0.25, -0.2) is 0 Å². The molecule has 4 heteroatoms. The molecule has 25 heavy (non-hydrogen) atoms. The van der Waals surface area contributed by atoms with Crippen molar-refractivity contribution in [1.82, 2.24) is 10.2 Å². The molecule has 1 aromatic rings. The molecular formula is C21H30N2O2. The van der Waals surface area contributed by atoms with Gasteiger partial charge in [0.1, 0.15) is 0 Å². The van der Waals surface area contributed by atoms with Crippen molar-refractivity contribution in [3.63, 3.8) is 0 Å². The second kappa shape index (κ2) is 6.81. The highest BCUT2D eigenvalue weighted by atomic mass is 16.2. The summed E-state index contributed by atoms with van der Waals surface area (Å²) in [6, 6.07) is 8.80. The van der Waals surface area contributed by atoms with Crippen LogP contribution in [0.2, 0.25) is 0 Å². The fourth-order valence-electron chi connectivity index (χ4n) is 4.41. The Hall–Kier alpha value is -1.84. The van der Waals surface area contributed by atoms with Gasteiger partial charge in [0.05, 0.1) is 5.92 Å². The monoisotopic (exact) mass is 342 g/mol. The van der Waals surface area contributed by atoms with E-state index < -0.39 is 0 Å². The zero-order chi connectivity index (χ0) is 18.2. The predicted molar refractivity (Wildman–Crippen MR) is 99.1 cm³/mol. The Morgan fingerprint density at radius 1 is 1.20 bits per heavy atom. The smallest absolute Gasteiger partial charge is 0.225 e. The molecule has 3 rings (SSSR count). The normalized spacial score (nSPS) is 21.1. The lowest BCUT2D eigenvalue weighted by Crippen LogP contribution is -2.48. The average molecular weight is 342 g/mol. The lowest BCUT2D eigenvalue weighted by Gasteiger charge is -2.30. The van der Waals surface area contributed by atoms with Crippen LogP contribution in [0.25, 0.3) is 0 Å². The number of nitrogens with zero attached hydrogens (tertiary/aromatic N) is 1. The molecule has 1 aromatic carbocycles. The molecule has 1 atom stereocenters. The van der Waals surface area contributed by atoms with Crippen molar-refractivity contribution < 1.29 is 9.59 Å². The number of hydrogen-bond acceptors (Lipinski definition) is 2. The first kappa shape index (κ1) is 18.0. The Morgan fingerprint density at radius 2 is 1.80 bits per heavy atom. The summed E-state index contributed by atoms with van der Waals surface area (Å²) in [5.74, 6) is 0.483. The number of rotatable bonds is 5. The third-order valence-corrected chi connectivity index (χ3v) is 5.55. The van der Waals surface area contributed by atoms with Crippen LogP contribution in [0.1, 0.15) is 51.7 Å². The molecule has 1 heterocycles. The number of benzene rings is 1. The van der Waals surface area contributed by atoms with E-state index in [1.54, 1.807) is 0 Å². The third kappa shape index (κ3) is 4.05. The van der Waals surface area contributed by atoms with Crippen LogP contribution >= 0.6 is 0 Å². The molecule has 0 radical (unpaired) electrons. The van der Waals surface area contributed by atoms with Gasteiger partial charge in [-0.2, -0.15) is 0 Å². The maximum Gasteiger partial charge on any atom is 0.225 e. The van der Waals surface area contributed by atoms with Gasteiger partial charge in [0, 0.05) is 24.5 Å². The Bertz CT molecular complexity index is 641. The van der Waals surface area contributed by atoms with Crippen molar-refractivity contribution in [2.75, 3.05) is 6.54 Å². The third-order valence-electron chi connectivity index (χ3n) is 5.55. The quantitative estimate of drug-likeness (QED) is 0.894. The van der Waals surface area contributed by atoms with Gasteiger partial charge in [0.2, 0.25) is 11.8 Å². The SMILES string of the molecule is CC(C)N1C[C@H](C(=O)NC(C)(C)CC2Cc3ccccc3C2)CC1=O. The minimum atomic E-state index is -0.252. The van der Waals surface area contributed by atoms with Gasteiger partial charge in [0.25, 0.3) is 0 Å². The lowest BCUT2D eigenvalue weighted by atomic mass is 9.88. The van der Waals surface area contributed by atoms with Crippen molar-refractivity contribution in [2.24, 2.45) is 11.8 Å². The van der Waals surface area contributed by atoms with Crippen LogP contribution in [-0.2, 0) is 22.4 Å². The number of nitrogens with one attached hydrogen (secondary N) is 1. The maximum atomic E-state index is 12.7. The van der Waals surface area contributed by atoms with Gasteiger partial charge < -0.3 is 10.2 Å².